The van der Waals surface area contributed by atoms with E-state index in [1.165, 1.54) is 6.20 Å². The highest BCUT2D eigenvalue weighted by Crippen LogP contribution is 2.21. The fourth-order valence-corrected chi connectivity index (χ4v) is 3.71. The molecule has 0 fully saturated rings. The van der Waals surface area contributed by atoms with Gasteiger partial charge in [-0.05, 0) is 31.0 Å². The number of pyridine rings is 1. The Kier molecular flexibility index (Phi) is 6.43. The van der Waals surface area contributed by atoms with Gasteiger partial charge < -0.3 is 19.4 Å². The predicted molar refractivity (Wildman–Crippen MR) is 121 cm³/mol. The lowest BCUT2D eigenvalue weighted by atomic mass is 10.2. The van der Waals surface area contributed by atoms with E-state index < -0.39 is 0 Å². The number of amides is 1. The Morgan fingerprint density at radius 3 is 2.71 bits per heavy atom. The van der Waals surface area contributed by atoms with Crippen LogP contribution in [0.1, 0.15) is 19.3 Å². The van der Waals surface area contributed by atoms with Gasteiger partial charge in [0.2, 0.25) is 17.6 Å². The van der Waals surface area contributed by atoms with E-state index in [1.807, 2.05) is 66.2 Å². The molecule has 0 aliphatic carbocycles. The maximum atomic E-state index is 12.3. The Balaban J connectivity index is 1.23. The molecule has 0 saturated carbocycles. The van der Waals surface area contributed by atoms with Gasteiger partial charge in [-0.25, -0.2) is 4.98 Å². The first-order valence-electron chi connectivity index (χ1n) is 10.5. The molecule has 0 bridgehead atoms. The molecule has 1 amide bonds. The van der Waals surface area contributed by atoms with Gasteiger partial charge in [0, 0.05) is 38.4 Å². The van der Waals surface area contributed by atoms with E-state index in [9.17, 15) is 10.0 Å². The number of nitrogens with zero attached hydrogens (tertiary/aromatic N) is 4. The number of fused-ring (bicyclic) bond motifs is 3. The monoisotopic (exact) mass is 418 g/mol. The predicted octanol–water partition coefficient (Wildman–Crippen LogP) is 3.67. The molecule has 0 spiro atoms. The molecule has 0 atom stereocenters. The van der Waals surface area contributed by atoms with Crippen molar-refractivity contribution in [1.82, 2.24) is 9.55 Å². The minimum Gasteiger partial charge on any atom is -0.618 e. The topological polar surface area (TPSA) is 74.3 Å². The molecule has 7 heteroatoms. The van der Waals surface area contributed by atoms with Gasteiger partial charge in [0.15, 0.2) is 5.52 Å². The molecular formula is C24H26N4O3. The Labute approximate surface area is 181 Å². The van der Waals surface area contributed by atoms with Gasteiger partial charge in [0.25, 0.3) is 0 Å². The number of unbranched alkanes of at least 4 members (excludes halogenated alkanes) is 1. The maximum absolute atomic E-state index is 12.3. The van der Waals surface area contributed by atoms with Crippen molar-refractivity contribution in [3.8, 4) is 0 Å². The summed E-state index contributed by atoms with van der Waals surface area (Å²) in [5.74, 6) is 0.110. The lowest BCUT2D eigenvalue weighted by Gasteiger charge is -2.17. The molecule has 2 aromatic heterocycles. The molecular weight excluding hydrogens is 392 g/mol. The number of carbonyl (C=O) groups excluding carboxylic acids is 1. The Morgan fingerprint density at radius 1 is 1.10 bits per heavy atom. The van der Waals surface area contributed by atoms with Crippen LogP contribution in [0, 0.1) is 5.21 Å². The van der Waals surface area contributed by atoms with Crippen LogP contribution in [-0.4, -0.2) is 35.7 Å². The standard InChI is InChI=1S/C24H26N4O3/c1-26(19-9-3-2-4-10-19)23(29)13-7-8-15-31-16-14-27-18-25-21-17-28(30)22-12-6-5-11-20(22)24(21)27/h2-6,9-12,17-18H,7-8,13-16H2,1H3. The summed E-state index contributed by atoms with van der Waals surface area (Å²) in [6, 6.07) is 17.2. The molecule has 0 N–H and O–H groups in total. The number of anilines is 1. The summed E-state index contributed by atoms with van der Waals surface area (Å²) < 4.78 is 8.67. The summed E-state index contributed by atoms with van der Waals surface area (Å²) in [7, 11) is 1.81. The second-order valence-electron chi connectivity index (χ2n) is 7.50. The zero-order valence-electron chi connectivity index (χ0n) is 17.6. The van der Waals surface area contributed by atoms with Crippen molar-refractivity contribution in [3.05, 3.63) is 72.3 Å². The van der Waals surface area contributed by atoms with Crippen LogP contribution < -0.4 is 9.63 Å². The first kappa shape index (κ1) is 20.8. The average molecular weight is 418 g/mol. The van der Waals surface area contributed by atoms with E-state index >= 15 is 0 Å². The SMILES string of the molecule is CN(C(=O)CCCCOCCn1cnc2c[n+]([O-])c3ccccc3c21)c1ccccc1. The van der Waals surface area contributed by atoms with Crippen LogP contribution in [-0.2, 0) is 16.1 Å². The summed E-state index contributed by atoms with van der Waals surface area (Å²) in [6.45, 7) is 1.80. The minimum atomic E-state index is 0.110. The normalized spacial score (nSPS) is 11.3. The summed E-state index contributed by atoms with van der Waals surface area (Å²) in [4.78, 5) is 18.4. The summed E-state index contributed by atoms with van der Waals surface area (Å²) >= 11 is 0. The van der Waals surface area contributed by atoms with Crippen molar-refractivity contribution in [2.45, 2.75) is 25.8 Å². The van der Waals surface area contributed by atoms with Crippen LogP contribution in [0.25, 0.3) is 21.9 Å². The zero-order valence-corrected chi connectivity index (χ0v) is 17.6. The Hall–Kier alpha value is -3.45. The fourth-order valence-electron chi connectivity index (χ4n) is 3.71. The zero-order chi connectivity index (χ0) is 21.6. The number of rotatable bonds is 9. The van der Waals surface area contributed by atoms with E-state index in [1.54, 1.807) is 11.2 Å². The van der Waals surface area contributed by atoms with Crippen molar-refractivity contribution >= 4 is 33.5 Å². The van der Waals surface area contributed by atoms with Gasteiger partial charge in [0.05, 0.1) is 23.8 Å². The first-order valence-corrected chi connectivity index (χ1v) is 10.5. The van der Waals surface area contributed by atoms with Crippen LogP contribution in [0.2, 0.25) is 0 Å². The third-order valence-corrected chi connectivity index (χ3v) is 5.43. The molecule has 0 radical (unpaired) electrons. The Morgan fingerprint density at radius 2 is 1.87 bits per heavy atom. The third kappa shape index (κ3) is 4.67. The number of imidazole rings is 1. The smallest absolute Gasteiger partial charge is 0.226 e. The number of aromatic nitrogens is 3. The number of hydrogen-bond acceptors (Lipinski definition) is 4. The molecule has 4 aromatic rings. The average Bonchev–Trinajstić information content (AvgIpc) is 3.21. The molecule has 2 heterocycles. The molecule has 2 aromatic carbocycles. The van der Waals surface area contributed by atoms with Gasteiger partial charge >= 0.3 is 0 Å². The third-order valence-electron chi connectivity index (χ3n) is 5.43. The highest BCUT2D eigenvalue weighted by molar-refractivity contribution is 6.00. The molecule has 160 valence electrons. The minimum absolute atomic E-state index is 0.110. The van der Waals surface area contributed by atoms with E-state index in [0.717, 1.165) is 34.2 Å². The van der Waals surface area contributed by atoms with Crippen molar-refractivity contribution in [2.75, 3.05) is 25.2 Å². The summed E-state index contributed by atoms with van der Waals surface area (Å²) in [5.41, 5.74) is 3.16. The van der Waals surface area contributed by atoms with Crippen molar-refractivity contribution in [2.24, 2.45) is 0 Å². The summed E-state index contributed by atoms with van der Waals surface area (Å²) in [6.07, 6.45) is 5.38. The van der Waals surface area contributed by atoms with Gasteiger partial charge in [-0.3, -0.25) is 4.79 Å². The van der Waals surface area contributed by atoms with Gasteiger partial charge in [-0.1, -0.05) is 30.3 Å². The van der Waals surface area contributed by atoms with E-state index in [0.29, 0.717) is 37.2 Å². The van der Waals surface area contributed by atoms with Gasteiger partial charge in [0.1, 0.15) is 0 Å². The maximum Gasteiger partial charge on any atom is 0.226 e. The summed E-state index contributed by atoms with van der Waals surface area (Å²) in [5, 5.41) is 13.0. The van der Waals surface area contributed by atoms with E-state index in [-0.39, 0.29) is 5.91 Å². The van der Waals surface area contributed by atoms with Crippen molar-refractivity contribution in [3.63, 3.8) is 0 Å². The highest BCUT2D eigenvalue weighted by atomic mass is 16.5. The quantitative estimate of drug-likeness (QED) is 0.236. The van der Waals surface area contributed by atoms with Crippen LogP contribution in [0.3, 0.4) is 0 Å². The second-order valence-corrected chi connectivity index (χ2v) is 7.50. The Bertz CT molecular complexity index is 1170. The number of benzene rings is 2. The number of hydrogen-bond donors (Lipinski definition) is 0. The van der Waals surface area contributed by atoms with Crippen LogP contribution in [0.5, 0.6) is 0 Å². The van der Waals surface area contributed by atoms with E-state index in [4.69, 9.17) is 4.74 Å². The molecule has 0 unspecified atom stereocenters. The molecule has 7 nitrogen and oxygen atoms in total. The van der Waals surface area contributed by atoms with Gasteiger partial charge in [-0.15, -0.1) is 0 Å². The van der Waals surface area contributed by atoms with Crippen molar-refractivity contribution < 1.29 is 14.3 Å². The largest absolute Gasteiger partial charge is 0.618 e. The number of para-hydroxylation sites is 2. The molecule has 4 rings (SSSR count). The molecule has 0 aliphatic rings. The number of ether oxygens (including phenoxy) is 1. The fraction of sp³-hybridized carbons (Fsp3) is 0.292. The van der Waals surface area contributed by atoms with Crippen LogP contribution in [0.4, 0.5) is 5.69 Å². The van der Waals surface area contributed by atoms with Crippen LogP contribution in [0.15, 0.2) is 67.1 Å². The lowest BCUT2D eigenvalue weighted by Crippen LogP contribution is -2.26. The first-order chi connectivity index (χ1) is 15.1. The second kappa shape index (κ2) is 9.57. The highest BCUT2D eigenvalue weighted by Gasteiger charge is 2.14. The lowest BCUT2D eigenvalue weighted by molar-refractivity contribution is -0.575. The van der Waals surface area contributed by atoms with E-state index in [2.05, 4.69) is 4.98 Å². The molecule has 0 aliphatic heterocycles. The van der Waals surface area contributed by atoms with Gasteiger partial charge in [-0.2, -0.15) is 4.73 Å². The van der Waals surface area contributed by atoms with Crippen molar-refractivity contribution in [1.29, 1.82) is 0 Å². The number of carbonyl (C=O) groups is 1. The molecule has 31 heavy (non-hydrogen) atoms. The van der Waals surface area contributed by atoms with Crippen LogP contribution >= 0.6 is 0 Å². The molecule has 0 saturated heterocycles.